The van der Waals surface area contributed by atoms with Gasteiger partial charge in [0, 0.05) is 19.6 Å². The van der Waals surface area contributed by atoms with Gasteiger partial charge in [-0.3, -0.25) is 9.59 Å². The summed E-state index contributed by atoms with van der Waals surface area (Å²) < 4.78 is 0. The number of amides is 2. The maximum Gasteiger partial charge on any atom is 0.242 e. The van der Waals surface area contributed by atoms with Crippen molar-refractivity contribution in [2.45, 2.75) is 90.5 Å². The number of carbonyl (C=O) groups excluding carboxylic acids is 2. The van der Waals surface area contributed by atoms with Crippen LogP contribution in [0.4, 0.5) is 0 Å². The van der Waals surface area contributed by atoms with Crippen LogP contribution in [-0.4, -0.2) is 36.1 Å². The molecule has 1 atom stereocenters. The summed E-state index contributed by atoms with van der Waals surface area (Å²) in [6.45, 7) is 4.78. The molecule has 0 aromatic carbocycles. The molecule has 0 saturated heterocycles. The van der Waals surface area contributed by atoms with Crippen LogP contribution in [-0.2, 0) is 9.59 Å². The third-order valence-electron chi connectivity index (χ3n) is 3.95. The van der Waals surface area contributed by atoms with Crippen molar-refractivity contribution in [1.29, 1.82) is 0 Å². The first kappa shape index (κ1) is 21.9. The SMILES string of the molecule is CCCCCCCCCCNC(=O)[C@H](CC)NC(=O)CCCO. The van der Waals surface area contributed by atoms with Crippen LogP contribution >= 0.6 is 0 Å². The predicted octanol–water partition coefficient (Wildman–Crippen LogP) is 2.91. The first-order chi connectivity index (χ1) is 11.2. The Hall–Kier alpha value is -1.10. The second-order valence-electron chi connectivity index (χ2n) is 6.12. The molecule has 0 aromatic heterocycles. The summed E-state index contributed by atoms with van der Waals surface area (Å²) in [5, 5.41) is 14.3. The zero-order chi connectivity index (χ0) is 17.3. The molecule has 0 aromatic rings. The molecule has 0 rings (SSSR count). The molecule has 0 aliphatic rings. The van der Waals surface area contributed by atoms with Crippen molar-refractivity contribution < 1.29 is 14.7 Å². The molecule has 0 unspecified atom stereocenters. The van der Waals surface area contributed by atoms with Crippen molar-refractivity contribution in [1.82, 2.24) is 10.6 Å². The van der Waals surface area contributed by atoms with Gasteiger partial charge in [0.2, 0.25) is 11.8 Å². The zero-order valence-corrected chi connectivity index (χ0v) is 15.0. The van der Waals surface area contributed by atoms with Crippen LogP contribution in [0, 0.1) is 0 Å². The number of carbonyl (C=O) groups is 2. The van der Waals surface area contributed by atoms with E-state index < -0.39 is 6.04 Å². The Morgan fingerprint density at radius 3 is 2.09 bits per heavy atom. The topological polar surface area (TPSA) is 78.4 Å². The molecule has 0 aliphatic heterocycles. The maximum atomic E-state index is 12.0. The molecular formula is C18H36N2O3. The van der Waals surface area contributed by atoms with E-state index in [4.69, 9.17) is 5.11 Å². The monoisotopic (exact) mass is 328 g/mol. The fourth-order valence-electron chi connectivity index (χ4n) is 2.45. The summed E-state index contributed by atoms with van der Waals surface area (Å²) in [6.07, 6.45) is 11.2. The van der Waals surface area contributed by atoms with Gasteiger partial charge in [-0.2, -0.15) is 0 Å². The fourth-order valence-corrected chi connectivity index (χ4v) is 2.45. The van der Waals surface area contributed by atoms with Gasteiger partial charge in [0.25, 0.3) is 0 Å². The molecule has 0 bridgehead atoms. The lowest BCUT2D eigenvalue weighted by atomic mass is 10.1. The quantitative estimate of drug-likeness (QED) is 0.404. The number of unbranched alkanes of at least 4 members (excludes halogenated alkanes) is 7. The average Bonchev–Trinajstić information content (AvgIpc) is 2.56. The number of hydrogen-bond donors (Lipinski definition) is 3. The minimum Gasteiger partial charge on any atom is -0.396 e. The Morgan fingerprint density at radius 2 is 1.52 bits per heavy atom. The Morgan fingerprint density at radius 1 is 0.913 bits per heavy atom. The number of rotatable bonds is 15. The lowest BCUT2D eigenvalue weighted by molar-refractivity contribution is -0.129. The molecule has 2 amide bonds. The van der Waals surface area contributed by atoms with E-state index in [9.17, 15) is 9.59 Å². The Kier molecular flexibility index (Phi) is 15.0. The van der Waals surface area contributed by atoms with Crippen molar-refractivity contribution >= 4 is 11.8 Å². The van der Waals surface area contributed by atoms with Crippen molar-refractivity contribution in [2.75, 3.05) is 13.2 Å². The highest BCUT2D eigenvalue weighted by Crippen LogP contribution is 2.07. The molecule has 0 saturated carbocycles. The predicted molar refractivity (Wildman–Crippen MR) is 94.2 cm³/mol. The van der Waals surface area contributed by atoms with E-state index in [1.165, 1.54) is 38.5 Å². The first-order valence-corrected chi connectivity index (χ1v) is 9.33. The minimum atomic E-state index is -0.463. The molecule has 0 aliphatic carbocycles. The van der Waals surface area contributed by atoms with Gasteiger partial charge in [-0.15, -0.1) is 0 Å². The second kappa shape index (κ2) is 15.8. The molecule has 3 N–H and O–H groups in total. The van der Waals surface area contributed by atoms with Gasteiger partial charge < -0.3 is 15.7 Å². The standard InChI is InChI=1S/C18H36N2O3/c1-3-5-6-7-8-9-10-11-14-19-18(23)16(4-2)20-17(22)13-12-15-21/h16,21H,3-15H2,1-2H3,(H,19,23)(H,20,22)/t16-/m0/s1. The normalized spacial score (nSPS) is 12.0. The molecule has 0 radical (unpaired) electrons. The third kappa shape index (κ3) is 13.1. The molecule has 5 nitrogen and oxygen atoms in total. The maximum absolute atomic E-state index is 12.0. The highest BCUT2D eigenvalue weighted by Gasteiger charge is 2.17. The van der Waals surface area contributed by atoms with E-state index in [-0.39, 0.29) is 24.8 Å². The van der Waals surface area contributed by atoms with Crippen LogP contribution in [0.5, 0.6) is 0 Å². The van der Waals surface area contributed by atoms with Crippen LogP contribution in [0.2, 0.25) is 0 Å². The fraction of sp³-hybridized carbons (Fsp3) is 0.889. The number of hydrogen-bond acceptors (Lipinski definition) is 3. The summed E-state index contributed by atoms with van der Waals surface area (Å²) in [4.78, 5) is 23.6. The summed E-state index contributed by atoms with van der Waals surface area (Å²) in [5.74, 6) is -0.277. The second-order valence-corrected chi connectivity index (χ2v) is 6.12. The molecule has 136 valence electrons. The summed E-state index contributed by atoms with van der Waals surface area (Å²) in [5.41, 5.74) is 0. The molecule has 0 spiro atoms. The van der Waals surface area contributed by atoms with Gasteiger partial charge in [0.05, 0.1) is 0 Å². The molecule has 5 heteroatoms. The number of aliphatic hydroxyl groups excluding tert-OH is 1. The van der Waals surface area contributed by atoms with Crippen LogP contribution in [0.15, 0.2) is 0 Å². The van der Waals surface area contributed by atoms with Crippen LogP contribution in [0.1, 0.15) is 84.5 Å². The lowest BCUT2D eigenvalue weighted by Crippen LogP contribution is -2.46. The Bertz CT molecular complexity index is 309. The summed E-state index contributed by atoms with van der Waals surface area (Å²) >= 11 is 0. The molecular weight excluding hydrogens is 292 g/mol. The highest BCUT2D eigenvalue weighted by atomic mass is 16.3. The lowest BCUT2D eigenvalue weighted by Gasteiger charge is -2.16. The number of nitrogens with one attached hydrogen (secondary N) is 2. The molecule has 0 fully saturated rings. The summed E-state index contributed by atoms with van der Waals surface area (Å²) in [6, 6.07) is -0.463. The Balaban J connectivity index is 3.67. The minimum absolute atomic E-state index is 0.00511. The van der Waals surface area contributed by atoms with Gasteiger partial charge in [-0.05, 0) is 19.3 Å². The van der Waals surface area contributed by atoms with Crippen molar-refractivity contribution in [3.8, 4) is 0 Å². The van der Waals surface area contributed by atoms with Gasteiger partial charge >= 0.3 is 0 Å². The highest BCUT2D eigenvalue weighted by molar-refractivity contribution is 5.87. The van der Waals surface area contributed by atoms with E-state index in [0.717, 1.165) is 12.8 Å². The van der Waals surface area contributed by atoms with Crippen LogP contribution in [0.25, 0.3) is 0 Å². The largest absolute Gasteiger partial charge is 0.396 e. The van der Waals surface area contributed by atoms with Gasteiger partial charge in [-0.1, -0.05) is 58.8 Å². The zero-order valence-electron chi connectivity index (χ0n) is 15.0. The van der Waals surface area contributed by atoms with Crippen molar-refractivity contribution in [2.24, 2.45) is 0 Å². The Labute approximate surface area is 141 Å². The van der Waals surface area contributed by atoms with E-state index in [1.54, 1.807) is 0 Å². The first-order valence-electron chi connectivity index (χ1n) is 9.33. The van der Waals surface area contributed by atoms with Crippen molar-refractivity contribution in [3.05, 3.63) is 0 Å². The van der Waals surface area contributed by atoms with Crippen molar-refractivity contribution in [3.63, 3.8) is 0 Å². The molecule has 0 heterocycles. The smallest absolute Gasteiger partial charge is 0.242 e. The van der Waals surface area contributed by atoms with E-state index in [2.05, 4.69) is 17.6 Å². The number of aliphatic hydroxyl groups is 1. The van der Waals surface area contributed by atoms with E-state index in [1.807, 2.05) is 6.92 Å². The molecule has 23 heavy (non-hydrogen) atoms. The van der Waals surface area contributed by atoms with Gasteiger partial charge in [0.15, 0.2) is 0 Å². The van der Waals surface area contributed by atoms with E-state index in [0.29, 0.717) is 19.4 Å². The van der Waals surface area contributed by atoms with Crippen LogP contribution in [0.3, 0.4) is 0 Å². The van der Waals surface area contributed by atoms with Crippen LogP contribution < -0.4 is 10.6 Å². The third-order valence-corrected chi connectivity index (χ3v) is 3.95. The van der Waals surface area contributed by atoms with E-state index >= 15 is 0 Å². The average molecular weight is 328 g/mol. The van der Waals surface area contributed by atoms with Gasteiger partial charge in [-0.25, -0.2) is 0 Å². The summed E-state index contributed by atoms with van der Waals surface area (Å²) in [7, 11) is 0. The van der Waals surface area contributed by atoms with Gasteiger partial charge in [0.1, 0.15) is 6.04 Å².